The number of amides is 7. The standard InChI is InChI=1S/C62H98N8O14S2/c1-14-27-69(50(40(3)4)36-51(84-44(8)72)59-67-49(38-86-59)58(78)65-46(33-43(7)83-39-71)34-45-21-19-41(5)20-22-45)60(79)47(42(6)15-2)35-53(73)62(9,10)68(11)28-23-55(75)66-48(57(77)64-26-30-82-32-31-81-12)18-16-17-25-63-54(74)24-29-70-56(76)37-52(85-13)61(70)80/h19-22,38-40,42-43,46-48,50-52H,14-18,23-37H2,1-13H3,(H,63,74)(H,64,77)(H,65,78)(H,66,75)/t42?,43?,46-,47+,48?,50-,51-,52?/m1/s1. The first kappa shape index (κ1) is 74.4. The first-order valence-electron chi connectivity index (χ1n) is 30.2. The van der Waals surface area contributed by atoms with Crippen LogP contribution in [0.3, 0.4) is 0 Å². The van der Waals surface area contributed by atoms with Crippen molar-refractivity contribution in [3.05, 3.63) is 51.5 Å². The molecule has 0 saturated carbocycles. The van der Waals surface area contributed by atoms with Crippen LogP contribution in [-0.4, -0.2) is 187 Å². The molecule has 0 radical (unpaired) electrons. The number of hydrogen-bond acceptors (Lipinski definition) is 18. The van der Waals surface area contributed by atoms with Gasteiger partial charge < -0.3 is 45.1 Å². The Morgan fingerprint density at radius 1 is 0.919 bits per heavy atom. The van der Waals surface area contributed by atoms with Crippen LogP contribution in [-0.2, 0) is 68.5 Å². The molecule has 2 heterocycles. The van der Waals surface area contributed by atoms with E-state index in [0.717, 1.165) is 16.0 Å². The van der Waals surface area contributed by atoms with Gasteiger partial charge in [-0.25, -0.2) is 4.98 Å². The maximum atomic E-state index is 15.2. The maximum absolute atomic E-state index is 15.2. The van der Waals surface area contributed by atoms with E-state index in [2.05, 4.69) is 21.3 Å². The van der Waals surface area contributed by atoms with Crippen molar-refractivity contribution in [1.82, 2.24) is 41.0 Å². The highest BCUT2D eigenvalue weighted by Gasteiger charge is 2.41. The Kier molecular flexibility index (Phi) is 33.3. The number of nitrogens with zero attached hydrogens (tertiary/aromatic N) is 4. The first-order valence-corrected chi connectivity index (χ1v) is 32.4. The minimum absolute atomic E-state index is 0.00615. The van der Waals surface area contributed by atoms with Crippen LogP contribution in [0.15, 0.2) is 29.6 Å². The number of imide groups is 1. The molecule has 1 aromatic heterocycles. The summed E-state index contributed by atoms with van der Waals surface area (Å²) in [6.07, 6.45) is 3.76. The van der Waals surface area contributed by atoms with Gasteiger partial charge in [-0.15, -0.1) is 11.3 Å². The molecule has 1 aromatic carbocycles. The summed E-state index contributed by atoms with van der Waals surface area (Å²) in [4.78, 5) is 141. The van der Waals surface area contributed by atoms with Crippen molar-refractivity contribution in [2.75, 3.05) is 73.0 Å². The molecular weight excluding hydrogens is 1140 g/mol. The molecule has 86 heavy (non-hydrogen) atoms. The van der Waals surface area contributed by atoms with Gasteiger partial charge in [-0.1, -0.05) is 70.9 Å². The number of carbonyl (C=O) groups excluding carboxylic acids is 10. The number of Topliss-reactive ketones (excluding diaryl/α,β-unsaturated/α-hetero) is 1. The SMILES string of the molecule is CCCN(C(=O)[C@@H](CC(=O)C(C)(C)N(C)CCC(=O)NC(CCCCNC(=O)CCN1C(=O)CC(SC)C1=O)C(=O)NCCOCCOC)C(C)CC)[C@H](C[C@@H](OC(C)=O)c1nc(C(=O)N[C@@H](Cc2ccc(C)cc2)CC(C)OC=O)cs1)C(C)C. The number of unbranched alkanes of at least 4 members (excludes halogenated alkanes) is 1. The zero-order chi connectivity index (χ0) is 64.1. The summed E-state index contributed by atoms with van der Waals surface area (Å²) in [6, 6.07) is 6.16. The average molecular weight is 1240 g/mol. The lowest BCUT2D eigenvalue weighted by atomic mass is 9.81. The number of thiazole rings is 1. The second-order valence-electron chi connectivity index (χ2n) is 23.2. The lowest BCUT2D eigenvalue weighted by Crippen LogP contribution is -2.53. The number of ether oxygens (including phenoxy) is 4. The lowest BCUT2D eigenvalue weighted by Gasteiger charge is -2.40. The van der Waals surface area contributed by atoms with Crippen LogP contribution in [0.2, 0.25) is 0 Å². The van der Waals surface area contributed by atoms with Crippen LogP contribution < -0.4 is 21.3 Å². The zero-order valence-corrected chi connectivity index (χ0v) is 54.8. The van der Waals surface area contributed by atoms with Gasteiger partial charge in [0.15, 0.2) is 11.9 Å². The minimum atomic E-state index is -1.13. The molecule has 0 spiro atoms. The van der Waals surface area contributed by atoms with Crippen molar-refractivity contribution < 1.29 is 66.9 Å². The Morgan fingerprint density at radius 2 is 1.63 bits per heavy atom. The van der Waals surface area contributed by atoms with Crippen molar-refractivity contribution >= 4 is 82.7 Å². The van der Waals surface area contributed by atoms with Gasteiger partial charge in [0.25, 0.3) is 12.4 Å². The Balaban J connectivity index is 1.73. The van der Waals surface area contributed by atoms with E-state index in [1.165, 1.54) is 30.0 Å². The van der Waals surface area contributed by atoms with Crippen LogP contribution in [0, 0.1) is 24.7 Å². The van der Waals surface area contributed by atoms with Crippen LogP contribution in [0.4, 0.5) is 0 Å². The topological polar surface area (TPSA) is 278 Å². The van der Waals surface area contributed by atoms with Gasteiger partial charge >= 0.3 is 5.97 Å². The Labute approximate surface area is 517 Å². The number of hydrogen-bond donors (Lipinski definition) is 4. The number of rotatable bonds is 43. The van der Waals surface area contributed by atoms with E-state index in [1.54, 1.807) is 51.5 Å². The summed E-state index contributed by atoms with van der Waals surface area (Å²) in [7, 11) is 3.30. The highest BCUT2D eigenvalue weighted by Crippen LogP contribution is 2.34. The quantitative estimate of drug-likeness (QED) is 0.0251. The fourth-order valence-electron chi connectivity index (χ4n) is 10.1. The fraction of sp³-hybridized carbons (Fsp3) is 0.694. The van der Waals surface area contributed by atoms with Gasteiger partial charge in [0, 0.05) is 109 Å². The van der Waals surface area contributed by atoms with Crippen molar-refractivity contribution in [3.8, 4) is 0 Å². The Bertz CT molecular complexity index is 2510. The van der Waals surface area contributed by atoms with Gasteiger partial charge in [-0.3, -0.25) is 57.7 Å². The predicted octanol–water partition coefficient (Wildman–Crippen LogP) is 6.15. The summed E-state index contributed by atoms with van der Waals surface area (Å²) in [5.41, 5.74) is 1.08. The van der Waals surface area contributed by atoms with Gasteiger partial charge in [0.2, 0.25) is 35.4 Å². The maximum Gasteiger partial charge on any atom is 0.303 e. The molecule has 4 N–H and O–H groups in total. The number of aryl methyl sites for hydroxylation is 1. The second-order valence-corrected chi connectivity index (χ2v) is 25.1. The normalized spacial score (nSPS) is 15.9. The lowest BCUT2D eigenvalue weighted by molar-refractivity contribution is -0.150. The van der Waals surface area contributed by atoms with Gasteiger partial charge in [0.05, 0.1) is 30.6 Å². The van der Waals surface area contributed by atoms with E-state index in [-0.39, 0.29) is 118 Å². The second kappa shape index (κ2) is 38.5. The van der Waals surface area contributed by atoms with Crippen molar-refractivity contribution in [2.45, 2.75) is 187 Å². The van der Waals surface area contributed by atoms with E-state index in [4.69, 9.17) is 23.9 Å². The number of benzene rings is 1. The highest BCUT2D eigenvalue weighted by atomic mass is 32.2. The molecule has 1 saturated heterocycles. The summed E-state index contributed by atoms with van der Waals surface area (Å²) in [6.45, 7) is 20.8. The molecule has 0 aliphatic carbocycles. The number of nitrogens with one attached hydrogen (secondary N) is 4. The molecule has 482 valence electrons. The Morgan fingerprint density at radius 3 is 2.24 bits per heavy atom. The first-order chi connectivity index (χ1) is 40.8. The van der Waals surface area contributed by atoms with Gasteiger partial charge in [-0.05, 0) is 90.5 Å². The number of methoxy groups -OCH3 is 1. The number of likely N-dealkylation sites (tertiary alicyclic amines) is 1. The van der Waals surface area contributed by atoms with Crippen LogP contribution >= 0.6 is 23.1 Å². The number of carbonyl (C=O) groups is 10. The Hall–Kier alpha value is -5.82. The number of likely N-dealkylation sites (N-methyl/N-ethyl adjacent to an activating group) is 1. The third-order valence-corrected chi connectivity index (χ3v) is 17.7. The molecule has 1 aliphatic rings. The van der Waals surface area contributed by atoms with E-state index in [9.17, 15) is 43.2 Å². The van der Waals surface area contributed by atoms with Crippen molar-refractivity contribution in [3.63, 3.8) is 0 Å². The predicted molar refractivity (Wildman–Crippen MR) is 331 cm³/mol. The molecular formula is C62H98N8O14S2. The summed E-state index contributed by atoms with van der Waals surface area (Å²) in [5.74, 6) is -4.19. The fourth-order valence-corrected chi connectivity index (χ4v) is 11.6. The zero-order valence-electron chi connectivity index (χ0n) is 53.1. The molecule has 3 rings (SSSR count). The monoisotopic (exact) mass is 1240 g/mol. The molecule has 2 aromatic rings. The molecule has 8 atom stereocenters. The largest absolute Gasteiger partial charge is 0.465 e. The smallest absolute Gasteiger partial charge is 0.303 e. The number of ketones is 1. The molecule has 7 amide bonds. The summed E-state index contributed by atoms with van der Waals surface area (Å²) < 4.78 is 21.6. The molecule has 22 nitrogen and oxygen atoms in total. The highest BCUT2D eigenvalue weighted by molar-refractivity contribution is 8.00. The minimum Gasteiger partial charge on any atom is -0.465 e. The summed E-state index contributed by atoms with van der Waals surface area (Å²) in [5, 5.41) is 13.1. The number of esters is 1. The van der Waals surface area contributed by atoms with Crippen LogP contribution in [0.5, 0.6) is 0 Å². The molecule has 1 fully saturated rings. The van der Waals surface area contributed by atoms with E-state index in [1.807, 2.05) is 70.7 Å². The van der Waals surface area contributed by atoms with E-state index >= 15 is 4.79 Å². The van der Waals surface area contributed by atoms with Crippen LogP contribution in [0.25, 0.3) is 0 Å². The molecule has 4 unspecified atom stereocenters. The van der Waals surface area contributed by atoms with Crippen molar-refractivity contribution in [1.29, 1.82) is 0 Å². The number of aromatic nitrogens is 1. The third-order valence-electron chi connectivity index (χ3n) is 15.8. The summed E-state index contributed by atoms with van der Waals surface area (Å²) >= 11 is 2.48. The average Bonchev–Trinajstić information content (AvgIpc) is 2.77. The van der Waals surface area contributed by atoms with E-state index < -0.39 is 70.7 Å². The molecule has 24 heteroatoms. The molecule has 1 aliphatic heterocycles. The van der Waals surface area contributed by atoms with Gasteiger partial charge in [0.1, 0.15) is 22.8 Å². The third kappa shape index (κ3) is 24.7. The van der Waals surface area contributed by atoms with E-state index in [0.29, 0.717) is 69.8 Å². The van der Waals surface area contributed by atoms with Crippen LogP contribution in [0.1, 0.15) is 166 Å². The molecule has 0 bridgehead atoms. The van der Waals surface area contributed by atoms with Crippen molar-refractivity contribution in [2.24, 2.45) is 17.8 Å². The van der Waals surface area contributed by atoms with Gasteiger partial charge in [-0.2, -0.15) is 11.8 Å². The number of thioether (sulfide) groups is 1.